The number of aromatic amines is 1. The first-order valence-electron chi connectivity index (χ1n) is 11.3. The summed E-state index contributed by atoms with van der Waals surface area (Å²) in [5.41, 5.74) is 3.80. The summed E-state index contributed by atoms with van der Waals surface area (Å²) in [5, 5.41) is 18.9. The fourth-order valence-electron chi connectivity index (χ4n) is 4.11. The highest BCUT2D eigenvalue weighted by Crippen LogP contribution is 2.24. The summed E-state index contributed by atoms with van der Waals surface area (Å²) >= 11 is 0. The third-order valence-corrected chi connectivity index (χ3v) is 5.86. The Labute approximate surface area is 201 Å². The first-order valence-corrected chi connectivity index (χ1v) is 11.3. The van der Waals surface area contributed by atoms with Crippen molar-refractivity contribution in [3.63, 3.8) is 0 Å². The van der Waals surface area contributed by atoms with Crippen LogP contribution in [0.3, 0.4) is 0 Å². The van der Waals surface area contributed by atoms with Gasteiger partial charge >= 0.3 is 5.69 Å². The van der Waals surface area contributed by atoms with E-state index in [9.17, 15) is 14.7 Å². The number of para-hydroxylation sites is 2. The minimum atomic E-state index is -0.489. The Morgan fingerprint density at radius 1 is 0.943 bits per heavy atom. The van der Waals surface area contributed by atoms with Gasteiger partial charge in [0, 0.05) is 18.2 Å². The first kappa shape index (κ1) is 22.1. The minimum absolute atomic E-state index is 0.00541. The number of amides is 1. The number of aromatic nitrogens is 3. The van der Waals surface area contributed by atoms with Crippen LogP contribution in [0.2, 0.25) is 0 Å². The molecule has 3 aromatic carbocycles. The number of benzene rings is 3. The van der Waals surface area contributed by atoms with Crippen molar-refractivity contribution >= 4 is 23.5 Å². The molecular formula is C26H24N6O3. The molecule has 9 nitrogen and oxygen atoms in total. The third-order valence-electron chi connectivity index (χ3n) is 5.86. The van der Waals surface area contributed by atoms with Gasteiger partial charge in [0.25, 0.3) is 5.91 Å². The highest BCUT2D eigenvalue weighted by atomic mass is 16.3. The SMILES string of the molecule is O=C(Nc1ccccc1O)c1ccc(CNc2nc(NC3Cc4ccccc4C3)[nH]c(=O)n2)cc1. The molecule has 0 spiro atoms. The smallest absolute Gasteiger partial charge is 0.350 e. The fraction of sp³-hybridized carbons (Fsp3) is 0.154. The molecule has 5 rings (SSSR count). The van der Waals surface area contributed by atoms with Crippen LogP contribution < -0.4 is 21.6 Å². The fourth-order valence-corrected chi connectivity index (χ4v) is 4.11. The van der Waals surface area contributed by atoms with Gasteiger partial charge in [-0.2, -0.15) is 9.97 Å². The van der Waals surface area contributed by atoms with Crippen LogP contribution in [0, 0.1) is 0 Å². The molecule has 1 heterocycles. The summed E-state index contributed by atoms with van der Waals surface area (Å²) in [6.45, 7) is 0.374. The van der Waals surface area contributed by atoms with Crippen LogP contribution >= 0.6 is 0 Å². The van der Waals surface area contributed by atoms with Gasteiger partial charge in [0.2, 0.25) is 11.9 Å². The van der Waals surface area contributed by atoms with Crippen molar-refractivity contribution in [1.82, 2.24) is 15.0 Å². The molecule has 1 amide bonds. The molecule has 0 unspecified atom stereocenters. The number of rotatable bonds is 7. The van der Waals surface area contributed by atoms with E-state index in [0.29, 0.717) is 23.7 Å². The average molecular weight is 469 g/mol. The lowest BCUT2D eigenvalue weighted by atomic mass is 10.1. The molecule has 35 heavy (non-hydrogen) atoms. The van der Waals surface area contributed by atoms with Gasteiger partial charge in [-0.15, -0.1) is 0 Å². The van der Waals surface area contributed by atoms with Gasteiger partial charge < -0.3 is 21.1 Å². The molecule has 9 heteroatoms. The second-order valence-electron chi connectivity index (χ2n) is 8.37. The number of nitrogens with one attached hydrogen (secondary N) is 4. The quantitative estimate of drug-likeness (QED) is 0.263. The topological polar surface area (TPSA) is 132 Å². The molecule has 0 aliphatic heterocycles. The second-order valence-corrected chi connectivity index (χ2v) is 8.37. The number of fused-ring (bicyclic) bond motifs is 1. The predicted molar refractivity (Wildman–Crippen MR) is 134 cm³/mol. The van der Waals surface area contributed by atoms with Gasteiger partial charge in [-0.3, -0.25) is 9.78 Å². The number of phenolic OH excluding ortho intramolecular Hbond substituents is 1. The molecule has 1 aliphatic rings. The van der Waals surface area contributed by atoms with Crippen molar-refractivity contribution in [2.45, 2.75) is 25.4 Å². The van der Waals surface area contributed by atoms with Crippen LogP contribution in [0.5, 0.6) is 5.75 Å². The van der Waals surface area contributed by atoms with Crippen LogP contribution in [0.25, 0.3) is 0 Å². The van der Waals surface area contributed by atoms with Crippen LogP contribution in [0.15, 0.2) is 77.6 Å². The van der Waals surface area contributed by atoms with Gasteiger partial charge in [0.1, 0.15) is 5.75 Å². The molecule has 0 fully saturated rings. The van der Waals surface area contributed by atoms with Gasteiger partial charge in [-0.25, -0.2) is 4.79 Å². The third kappa shape index (κ3) is 5.30. The van der Waals surface area contributed by atoms with Gasteiger partial charge in [0.05, 0.1) is 5.69 Å². The standard InChI is InChI=1S/C26H24N6O3/c33-22-8-4-3-7-21(22)29-23(34)17-11-9-16(10-12-17)15-27-24-30-25(32-26(35)31-24)28-20-13-18-5-1-2-6-19(18)14-20/h1-12,20,33H,13-15H2,(H,29,34)(H3,27,28,30,31,32,35). The Kier molecular flexibility index (Phi) is 6.13. The lowest BCUT2D eigenvalue weighted by Gasteiger charge is -2.13. The second kappa shape index (κ2) is 9.68. The largest absolute Gasteiger partial charge is 0.506 e. The van der Waals surface area contributed by atoms with E-state index in [0.717, 1.165) is 18.4 Å². The highest BCUT2D eigenvalue weighted by molar-refractivity contribution is 6.05. The molecule has 4 aromatic rings. The molecule has 0 radical (unpaired) electrons. The van der Waals surface area contributed by atoms with E-state index < -0.39 is 5.69 Å². The van der Waals surface area contributed by atoms with E-state index in [-0.39, 0.29) is 23.6 Å². The van der Waals surface area contributed by atoms with Crippen LogP contribution in [-0.2, 0) is 19.4 Å². The summed E-state index contributed by atoms with van der Waals surface area (Å²) in [5.74, 6) is 0.272. The summed E-state index contributed by atoms with van der Waals surface area (Å²) in [6.07, 6.45) is 1.74. The zero-order chi connectivity index (χ0) is 24.2. The van der Waals surface area contributed by atoms with Gasteiger partial charge in [0.15, 0.2) is 0 Å². The van der Waals surface area contributed by atoms with Crippen LogP contribution in [0.1, 0.15) is 27.0 Å². The highest BCUT2D eigenvalue weighted by Gasteiger charge is 2.21. The molecule has 0 bridgehead atoms. The molecule has 1 aromatic heterocycles. The lowest BCUT2D eigenvalue weighted by Crippen LogP contribution is -2.25. The zero-order valence-corrected chi connectivity index (χ0v) is 18.8. The van der Waals surface area contributed by atoms with Crippen LogP contribution in [0.4, 0.5) is 17.6 Å². The minimum Gasteiger partial charge on any atom is -0.506 e. The summed E-state index contributed by atoms with van der Waals surface area (Å²) in [7, 11) is 0. The van der Waals surface area contributed by atoms with Crippen molar-refractivity contribution in [3.05, 3.63) is 106 Å². The average Bonchev–Trinajstić information content (AvgIpc) is 3.26. The zero-order valence-electron chi connectivity index (χ0n) is 18.8. The van der Waals surface area contributed by atoms with Crippen molar-refractivity contribution in [1.29, 1.82) is 0 Å². The number of hydrogen-bond donors (Lipinski definition) is 5. The summed E-state index contributed by atoms with van der Waals surface area (Å²) in [4.78, 5) is 35.5. The Morgan fingerprint density at radius 3 is 2.34 bits per heavy atom. The van der Waals surface area contributed by atoms with E-state index in [4.69, 9.17) is 0 Å². The van der Waals surface area contributed by atoms with E-state index in [2.05, 4.69) is 43.0 Å². The number of anilines is 3. The van der Waals surface area contributed by atoms with E-state index in [1.807, 2.05) is 12.1 Å². The maximum atomic E-state index is 12.4. The van der Waals surface area contributed by atoms with Gasteiger partial charge in [-0.05, 0) is 53.8 Å². The van der Waals surface area contributed by atoms with E-state index in [1.165, 1.54) is 17.2 Å². The Balaban J connectivity index is 1.19. The predicted octanol–water partition coefficient (Wildman–Crippen LogP) is 3.31. The number of phenols is 1. The molecular weight excluding hydrogens is 444 g/mol. The van der Waals surface area contributed by atoms with E-state index in [1.54, 1.807) is 42.5 Å². The van der Waals surface area contributed by atoms with Crippen molar-refractivity contribution in [3.8, 4) is 5.75 Å². The van der Waals surface area contributed by atoms with Gasteiger partial charge in [-0.1, -0.05) is 48.5 Å². The van der Waals surface area contributed by atoms with E-state index >= 15 is 0 Å². The van der Waals surface area contributed by atoms with Crippen molar-refractivity contribution in [2.24, 2.45) is 0 Å². The molecule has 176 valence electrons. The van der Waals surface area contributed by atoms with Crippen molar-refractivity contribution < 1.29 is 9.90 Å². The Morgan fingerprint density at radius 2 is 1.63 bits per heavy atom. The molecule has 1 aliphatic carbocycles. The number of carbonyl (C=O) groups excluding carboxylic acids is 1. The molecule has 5 N–H and O–H groups in total. The van der Waals surface area contributed by atoms with Crippen LogP contribution in [-0.4, -0.2) is 32.0 Å². The lowest BCUT2D eigenvalue weighted by molar-refractivity contribution is 0.102. The summed E-state index contributed by atoms with van der Waals surface area (Å²) in [6, 6.07) is 22.0. The first-order chi connectivity index (χ1) is 17.0. The monoisotopic (exact) mass is 468 g/mol. The number of nitrogens with zero attached hydrogens (tertiary/aromatic N) is 2. The molecule has 0 saturated carbocycles. The maximum Gasteiger partial charge on any atom is 0.350 e. The molecule has 0 atom stereocenters. The molecule has 0 saturated heterocycles. The summed E-state index contributed by atoms with van der Waals surface area (Å²) < 4.78 is 0. The normalized spacial score (nSPS) is 12.7. The number of carbonyl (C=O) groups is 1. The Bertz CT molecular complexity index is 1390. The van der Waals surface area contributed by atoms with Crippen molar-refractivity contribution in [2.75, 3.05) is 16.0 Å². The number of H-pyrrole nitrogens is 1. The number of hydrogen-bond acceptors (Lipinski definition) is 7. The maximum absolute atomic E-state index is 12.4. The number of aromatic hydroxyl groups is 1. The Hall–Kier alpha value is -4.66.